The van der Waals surface area contributed by atoms with Gasteiger partial charge in [-0.1, -0.05) is 145 Å². The molecule has 0 radical (unpaired) electrons. The molecule has 2 aromatic heterocycles. The summed E-state index contributed by atoms with van der Waals surface area (Å²) in [7, 11) is 0. The summed E-state index contributed by atoms with van der Waals surface area (Å²) in [5, 5.41) is 3.52. The summed E-state index contributed by atoms with van der Waals surface area (Å²) in [5.74, 6) is 0.740. The SMILES string of the molecule is c1ccc(-c2cc(-c3ccccc3)nc(-c3cccc4c3Sc3ccccc3C43c4ccccc4-c4c3ccc3ccsc43)n2)cc1. The maximum absolute atomic E-state index is 5.28. The summed E-state index contributed by atoms with van der Waals surface area (Å²) in [5.41, 5.74) is 12.6. The average molecular weight is 635 g/mol. The van der Waals surface area contributed by atoms with Gasteiger partial charge in [0.2, 0.25) is 0 Å². The van der Waals surface area contributed by atoms with Crippen LogP contribution in [0.25, 0.3) is 55.1 Å². The van der Waals surface area contributed by atoms with Crippen LogP contribution in [0.5, 0.6) is 0 Å². The van der Waals surface area contributed by atoms with Crippen LogP contribution in [0.15, 0.2) is 167 Å². The predicted octanol–water partition coefficient (Wildman–Crippen LogP) is 11.5. The van der Waals surface area contributed by atoms with E-state index in [4.69, 9.17) is 9.97 Å². The smallest absolute Gasteiger partial charge is 0.161 e. The Kier molecular flexibility index (Phi) is 5.93. The number of aromatic nitrogens is 2. The highest BCUT2D eigenvalue weighted by atomic mass is 32.2. The Bertz CT molecular complexity index is 2440. The number of thiophene rings is 1. The van der Waals surface area contributed by atoms with Crippen LogP contribution in [0.4, 0.5) is 0 Å². The lowest BCUT2D eigenvalue weighted by atomic mass is 9.67. The van der Waals surface area contributed by atoms with Gasteiger partial charge in [-0.2, -0.15) is 0 Å². The first-order valence-corrected chi connectivity index (χ1v) is 17.5. The molecule has 0 N–H and O–H groups in total. The average Bonchev–Trinajstić information content (AvgIpc) is 3.74. The summed E-state index contributed by atoms with van der Waals surface area (Å²) >= 11 is 3.69. The van der Waals surface area contributed by atoms with Gasteiger partial charge >= 0.3 is 0 Å². The third-order valence-electron chi connectivity index (χ3n) is 9.65. The van der Waals surface area contributed by atoms with Crippen molar-refractivity contribution in [2.24, 2.45) is 0 Å². The fraction of sp³-hybridized carbons (Fsp3) is 0.0233. The van der Waals surface area contributed by atoms with Crippen molar-refractivity contribution in [3.8, 4) is 45.0 Å². The van der Waals surface area contributed by atoms with Crippen molar-refractivity contribution in [1.82, 2.24) is 9.97 Å². The van der Waals surface area contributed by atoms with Crippen molar-refractivity contribution in [1.29, 1.82) is 0 Å². The first-order valence-electron chi connectivity index (χ1n) is 15.8. The highest BCUT2D eigenvalue weighted by Crippen LogP contribution is 2.64. The number of nitrogens with zero attached hydrogens (tertiary/aromatic N) is 2. The second kappa shape index (κ2) is 10.4. The fourth-order valence-electron chi connectivity index (χ4n) is 7.69. The lowest BCUT2D eigenvalue weighted by Crippen LogP contribution is -2.32. The van der Waals surface area contributed by atoms with Crippen molar-refractivity contribution < 1.29 is 0 Å². The standard InChI is InChI=1S/C43H26N2S2/c1-3-12-27(13-4-1)36-26-37(28-14-5-2-6-15-28)45-42(44-36)31-17-11-20-35-41(31)47-38-21-10-9-19-33(38)43(35)32-18-8-7-16-30(32)39-34(43)23-22-29-24-25-46-40(29)39/h1-26H. The Morgan fingerprint density at radius 3 is 1.89 bits per heavy atom. The van der Waals surface area contributed by atoms with Gasteiger partial charge in [-0.15, -0.1) is 11.3 Å². The minimum atomic E-state index is -0.462. The zero-order valence-corrected chi connectivity index (χ0v) is 26.9. The molecule has 2 aliphatic rings. The van der Waals surface area contributed by atoms with E-state index in [2.05, 4.69) is 145 Å². The quantitative estimate of drug-likeness (QED) is 0.193. The third kappa shape index (κ3) is 3.86. The lowest BCUT2D eigenvalue weighted by molar-refractivity contribution is 0.723. The van der Waals surface area contributed by atoms with Gasteiger partial charge in [-0.05, 0) is 56.8 Å². The molecule has 1 unspecified atom stereocenters. The van der Waals surface area contributed by atoms with Gasteiger partial charge in [0.15, 0.2) is 5.82 Å². The highest BCUT2D eigenvalue weighted by molar-refractivity contribution is 7.99. The highest BCUT2D eigenvalue weighted by Gasteiger charge is 2.51. The largest absolute Gasteiger partial charge is 0.228 e. The molecule has 8 aromatic rings. The van der Waals surface area contributed by atoms with E-state index in [0.717, 1.165) is 33.9 Å². The van der Waals surface area contributed by atoms with Crippen LogP contribution < -0.4 is 0 Å². The van der Waals surface area contributed by atoms with E-state index in [-0.39, 0.29) is 0 Å². The predicted molar refractivity (Wildman–Crippen MR) is 195 cm³/mol. The molecule has 220 valence electrons. The van der Waals surface area contributed by atoms with E-state index < -0.39 is 5.41 Å². The summed E-state index contributed by atoms with van der Waals surface area (Å²) in [4.78, 5) is 13.0. The van der Waals surface area contributed by atoms with E-state index in [1.807, 2.05) is 35.2 Å². The number of benzene rings is 6. The van der Waals surface area contributed by atoms with Gasteiger partial charge in [-0.25, -0.2) is 9.97 Å². The number of fused-ring (bicyclic) bond motifs is 11. The van der Waals surface area contributed by atoms with Crippen molar-refractivity contribution in [3.05, 3.63) is 179 Å². The molecule has 4 heteroatoms. The Labute approximate surface area is 281 Å². The molecule has 47 heavy (non-hydrogen) atoms. The van der Waals surface area contributed by atoms with Gasteiger partial charge < -0.3 is 0 Å². The lowest BCUT2D eigenvalue weighted by Gasteiger charge is -2.40. The molecule has 1 atom stereocenters. The molecular weight excluding hydrogens is 609 g/mol. The fourth-order valence-corrected chi connectivity index (χ4v) is 9.94. The van der Waals surface area contributed by atoms with Crippen LogP contribution in [-0.4, -0.2) is 9.97 Å². The first kappa shape index (κ1) is 26.9. The van der Waals surface area contributed by atoms with Crippen molar-refractivity contribution >= 4 is 33.2 Å². The van der Waals surface area contributed by atoms with Crippen molar-refractivity contribution in [2.75, 3.05) is 0 Å². The molecule has 10 rings (SSSR count). The van der Waals surface area contributed by atoms with Crippen LogP contribution >= 0.6 is 23.1 Å². The molecule has 0 amide bonds. The Morgan fingerprint density at radius 1 is 0.489 bits per heavy atom. The minimum absolute atomic E-state index is 0.462. The summed E-state index contributed by atoms with van der Waals surface area (Å²) < 4.78 is 1.35. The molecule has 0 fully saturated rings. The van der Waals surface area contributed by atoms with Gasteiger partial charge in [0, 0.05) is 36.7 Å². The number of rotatable bonds is 3. The van der Waals surface area contributed by atoms with Gasteiger partial charge in [0.25, 0.3) is 0 Å². The minimum Gasteiger partial charge on any atom is -0.228 e. The summed E-state index contributed by atoms with van der Waals surface area (Å²) in [6.45, 7) is 0. The van der Waals surface area contributed by atoms with E-state index in [9.17, 15) is 0 Å². The zero-order valence-electron chi connectivity index (χ0n) is 25.2. The molecule has 2 nitrogen and oxygen atoms in total. The Balaban J connectivity index is 1.29. The van der Waals surface area contributed by atoms with E-state index in [0.29, 0.717) is 0 Å². The second-order valence-corrected chi connectivity index (χ2v) is 14.1. The van der Waals surface area contributed by atoms with E-state index >= 15 is 0 Å². The number of hydrogen-bond donors (Lipinski definition) is 0. The Hall–Kier alpha value is -5.29. The molecular formula is C43H26N2S2. The van der Waals surface area contributed by atoms with Gasteiger partial charge in [-0.3, -0.25) is 0 Å². The zero-order chi connectivity index (χ0) is 31.0. The second-order valence-electron chi connectivity index (χ2n) is 12.1. The molecule has 1 spiro atoms. The van der Waals surface area contributed by atoms with Gasteiger partial charge in [0.05, 0.1) is 16.8 Å². The van der Waals surface area contributed by atoms with Crippen LogP contribution in [0.3, 0.4) is 0 Å². The van der Waals surface area contributed by atoms with E-state index in [1.54, 1.807) is 0 Å². The molecule has 1 aliphatic carbocycles. The molecule has 6 aromatic carbocycles. The van der Waals surface area contributed by atoms with Crippen molar-refractivity contribution in [3.63, 3.8) is 0 Å². The van der Waals surface area contributed by atoms with Crippen LogP contribution in [0.2, 0.25) is 0 Å². The van der Waals surface area contributed by atoms with Gasteiger partial charge in [0.1, 0.15) is 0 Å². The molecule has 3 heterocycles. The number of hydrogen-bond acceptors (Lipinski definition) is 4. The van der Waals surface area contributed by atoms with Crippen molar-refractivity contribution in [2.45, 2.75) is 15.2 Å². The Morgan fingerprint density at radius 2 is 1.13 bits per heavy atom. The van der Waals surface area contributed by atoms with Crippen LogP contribution in [0.1, 0.15) is 22.3 Å². The molecule has 0 saturated heterocycles. The monoisotopic (exact) mass is 634 g/mol. The van der Waals surface area contributed by atoms with Crippen LogP contribution in [0, 0.1) is 0 Å². The molecule has 1 aliphatic heterocycles. The van der Waals surface area contributed by atoms with E-state index in [1.165, 1.54) is 53.3 Å². The maximum Gasteiger partial charge on any atom is 0.161 e. The third-order valence-corrected chi connectivity index (χ3v) is 11.8. The first-order chi connectivity index (χ1) is 23.3. The summed E-state index contributed by atoms with van der Waals surface area (Å²) in [6.07, 6.45) is 0. The molecule has 0 saturated carbocycles. The topological polar surface area (TPSA) is 25.8 Å². The van der Waals surface area contributed by atoms with Crippen LogP contribution in [-0.2, 0) is 5.41 Å². The maximum atomic E-state index is 5.28. The normalized spacial score (nSPS) is 15.7. The molecule has 0 bridgehead atoms. The summed E-state index contributed by atoms with van der Waals surface area (Å²) in [6, 6.07) is 54.7.